The van der Waals surface area contributed by atoms with E-state index in [1.807, 2.05) is 29.7 Å². The van der Waals surface area contributed by atoms with Crippen molar-refractivity contribution < 1.29 is 4.63 Å². The number of pyridine rings is 2. The summed E-state index contributed by atoms with van der Waals surface area (Å²) in [4.78, 5) is 16.5. The maximum absolute atomic E-state index is 6.98. The molecule has 24 heavy (non-hydrogen) atoms. The molecule has 0 amide bonds. The third-order valence-corrected chi connectivity index (χ3v) is 3.63. The first-order valence-corrected chi connectivity index (χ1v) is 7.19. The molecule has 116 valence electrons. The Kier molecular flexibility index (Phi) is 3.24. The van der Waals surface area contributed by atoms with Crippen molar-refractivity contribution in [2.75, 3.05) is 0 Å². The van der Waals surface area contributed by atoms with Gasteiger partial charge in [-0.3, -0.25) is 0 Å². The van der Waals surface area contributed by atoms with Gasteiger partial charge in [-0.2, -0.15) is 0 Å². The van der Waals surface area contributed by atoms with Gasteiger partial charge >= 0.3 is 0 Å². The Balaban J connectivity index is 1.86. The number of nitrogens with zero attached hydrogens (tertiary/aromatic N) is 7. The predicted octanol–water partition coefficient (Wildman–Crippen LogP) is 2.78. The lowest BCUT2D eigenvalue weighted by Crippen LogP contribution is -2.04. The zero-order valence-corrected chi connectivity index (χ0v) is 12.7. The van der Waals surface area contributed by atoms with E-state index in [4.69, 9.17) is 11.2 Å². The van der Waals surface area contributed by atoms with Gasteiger partial charge in [0.2, 0.25) is 0 Å². The van der Waals surface area contributed by atoms with Crippen LogP contribution in [0.5, 0.6) is 0 Å². The molecule has 0 N–H and O–H groups in total. The minimum Gasteiger partial charge on any atom is -0.361 e. The lowest BCUT2D eigenvalue weighted by Gasteiger charge is -2.06. The van der Waals surface area contributed by atoms with Gasteiger partial charge in [-0.15, -0.1) is 4.98 Å². The third-order valence-electron chi connectivity index (χ3n) is 3.63. The van der Waals surface area contributed by atoms with Crippen molar-refractivity contribution in [2.45, 2.75) is 13.5 Å². The van der Waals surface area contributed by atoms with E-state index in [1.165, 1.54) is 0 Å². The van der Waals surface area contributed by atoms with Crippen LogP contribution in [0.25, 0.3) is 27.5 Å². The molecular weight excluding hydrogens is 306 g/mol. The van der Waals surface area contributed by atoms with Crippen molar-refractivity contribution in [3.8, 4) is 11.5 Å². The van der Waals surface area contributed by atoms with Crippen LogP contribution < -0.4 is 0 Å². The molecule has 0 saturated heterocycles. The average molecular weight is 317 g/mol. The van der Waals surface area contributed by atoms with E-state index in [1.54, 1.807) is 18.5 Å². The highest BCUT2D eigenvalue weighted by Crippen LogP contribution is 2.25. The Morgan fingerprint density at radius 2 is 2.12 bits per heavy atom. The number of fused-ring (bicyclic) bond motifs is 1. The van der Waals surface area contributed by atoms with Gasteiger partial charge in [-0.05, 0) is 30.3 Å². The lowest BCUT2D eigenvalue weighted by atomic mass is 10.2. The first-order valence-electron chi connectivity index (χ1n) is 7.19. The van der Waals surface area contributed by atoms with Crippen molar-refractivity contribution in [1.82, 2.24) is 29.8 Å². The molecule has 0 aliphatic rings. The van der Waals surface area contributed by atoms with Crippen LogP contribution in [-0.2, 0) is 6.54 Å². The molecule has 0 aliphatic carbocycles. The molecule has 0 fully saturated rings. The summed E-state index contributed by atoms with van der Waals surface area (Å²) in [5.41, 5.74) is 3.68. The molecular formula is C16H11N7O. The van der Waals surface area contributed by atoms with Crippen molar-refractivity contribution in [3.63, 3.8) is 0 Å². The molecule has 0 radical (unpaired) electrons. The lowest BCUT2D eigenvalue weighted by molar-refractivity contribution is 0.305. The Hall–Kier alpha value is -3.60. The second-order valence-electron chi connectivity index (χ2n) is 5.20. The highest BCUT2D eigenvalue weighted by Gasteiger charge is 2.19. The smallest absolute Gasteiger partial charge is 0.269 e. The van der Waals surface area contributed by atoms with Crippen LogP contribution in [-0.4, -0.2) is 29.8 Å². The van der Waals surface area contributed by atoms with Gasteiger partial charge < -0.3 is 9.41 Å². The molecule has 0 atom stereocenters. The molecule has 0 unspecified atom stereocenters. The molecule has 4 rings (SSSR count). The average Bonchev–Trinajstić information content (AvgIpc) is 3.19. The maximum atomic E-state index is 6.98. The molecule has 8 nitrogen and oxygen atoms in total. The fourth-order valence-corrected chi connectivity index (χ4v) is 2.48. The van der Waals surface area contributed by atoms with Crippen LogP contribution in [0.1, 0.15) is 11.3 Å². The number of imidazole rings is 1. The predicted molar refractivity (Wildman–Crippen MR) is 85.2 cm³/mol. The standard InChI is InChI=1S/C16H11N7O/c1-10-14(22-24-21-10)16-20-12-4-3-7-18-15(12)23(16)9-11-5-6-13(17-2)19-8-11/h3-8H,9H2,1H3. The highest BCUT2D eigenvalue weighted by molar-refractivity contribution is 5.76. The van der Waals surface area contributed by atoms with Crippen LogP contribution in [0, 0.1) is 13.5 Å². The second-order valence-corrected chi connectivity index (χ2v) is 5.20. The molecule has 0 aliphatic heterocycles. The van der Waals surface area contributed by atoms with Crippen LogP contribution in [0.2, 0.25) is 0 Å². The topological polar surface area (TPSA) is 86.9 Å². The molecule has 0 spiro atoms. The molecule has 0 aromatic carbocycles. The summed E-state index contributed by atoms with van der Waals surface area (Å²) in [6, 6.07) is 7.29. The van der Waals surface area contributed by atoms with E-state index in [9.17, 15) is 0 Å². The first-order chi connectivity index (χ1) is 11.8. The van der Waals surface area contributed by atoms with E-state index in [2.05, 4.69) is 30.1 Å². The van der Waals surface area contributed by atoms with Gasteiger partial charge in [0.1, 0.15) is 17.4 Å². The van der Waals surface area contributed by atoms with Crippen molar-refractivity contribution in [3.05, 3.63) is 59.3 Å². The van der Waals surface area contributed by atoms with E-state index in [0.29, 0.717) is 29.6 Å². The molecule has 4 aromatic rings. The van der Waals surface area contributed by atoms with Gasteiger partial charge in [-0.1, -0.05) is 17.8 Å². The summed E-state index contributed by atoms with van der Waals surface area (Å²) in [6.45, 7) is 9.30. The summed E-state index contributed by atoms with van der Waals surface area (Å²) in [6.07, 6.45) is 3.40. The van der Waals surface area contributed by atoms with Crippen LogP contribution in [0.3, 0.4) is 0 Å². The van der Waals surface area contributed by atoms with Gasteiger partial charge in [-0.25, -0.2) is 14.6 Å². The summed E-state index contributed by atoms with van der Waals surface area (Å²) in [5, 5.41) is 7.79. The molecule has 4 heterocycles. The normalized spacial score (nSPS) is 10.8. The van der Waals surface area contributed by atoms with Crippen molar-refractivity contribution in [1.29, 1.82) is 0 Å². The van der Waals surface area contributed by atoms with Crippen molar-refractivity contribution in [2.24, 2.45) is 0 Å². The van der Waals surface area contributed by atoms with Crippen LogP contribution in [0.4, 0.5) is 5.82 Å². The molecule has 0 saturated carbocycles. The fraction of sp³-hybridized carbons (Fsp3) is 0.125. The van der Waals surface area contributed by atoms with E-state index >= 15 is 0 Å². The zero-order valence-electron chi connectivity index (χ0n) is 12.7. The van der Waals surface area contributed by atoms with Crippen molar-refractivity contribution >= 4 is 17.0 Å². The van der Waals surface area contributed by atoms with Gasteiger partial charge in [0.05, 0.1) is 6.54 Å². The quantitative estimate of drug-likeness (QED) is 0.540. The van der Waals surface area contributed by atoms with Crippen LogP contribution in [0.15, 0.2) is 41.3 Å². The van der Waals surface area contributed by atoms with Gasteiger partial charge in [0.15, 0.2) is 17.2 Å². The second kappa shape index (κ2) is 5.55. The minimum absolute atomic E-state index is 0.365. The van der Waals surface area contributed by atoms with Gasteiger partial charge in [0, 0.05) is 11.8 Å². The maximum Gasteiger partial charge on any atom is 0.269 e. The number of hydrogen-bond acceptors (Lipinski definition) is 6. The molecule has 4 aromatic heterocycles. The van der Waals surface area contributed by atoms with E-state index < -0.39 is 0 Å². The summed E-state index contributed by atoms with van der Waals surface area (Å²) < 4.78 is 6.75. The number of hydrogen-bond donors (Lipinski definition) is 0. The largest absolute Gasteiger partial charge is 0.361 e. The number of rotatable bonds is 3. The molecule has 0 bridgehead atoms. The zero-order chi connectivity index (χ0) is 16.5. The summed E-state index contributed by atoms with van der Waals surface area (Å²) >= 11 is 0. The summed E-state index contributed by atoms with van der Waals surface area (Å²) in [7, 11) is 0. The fourth-order valence-electron chi connectivity index (χ4n) is 2.48. The Morgan fingerprint density at radius 1 is 1.21 bits per heavy atom. The third kappa shape index (κ3) is 2.28. The van der Waals surface area contributed by atoms with Gasteiger partial charge in [0.25, 0.3) is 5.82 Å². The first kappa shape index (κ1) is 14.0. The highest BCUT2D eigenvalue weighted by atomic mass is 16.6. The summed E-state index contributed by atoms with van der Waals surface area (Å²) in [5.74, 6) is 1.00. The Bertz CT molecular complexity index is 1060. The minimum atomic E-state index is 0.365. The van der Waals surface area contributed by atoms with E-state index in [0.717, 1.165) is 16.7 Å². The Morgan fingerprint density at radius 3 is 2.83 bits per heavy atom. The van der Waals surface area contributed by atoms with Crippen LogP contribution >= 0.6 is 0 Å². The number of aromatic nitrogens is 6. The SMILES string of the molecule is [C-]#[N+]c1ccc(Cn2c(-c3nonc3C)nc3cccnc32)cn1. The Labute approximate surface area is 136 Å². The van der Waals surface area contributed by atoms with E-state index in [-0.39, 0.29) is 0 Å². The monoisotopic (exact) mass is 317 g/mol. The number of aryl methyl sites for hydroxylation is 1. The molecule has 8 heteroatoms.